The first-order valence-corrected chi connectivity index (χ1v) is 6.81. The van der Waals surface area contributed by atoms with E-state index >= 15 is 0 Å². The molecule has 1 aromatic rings. The van der Waals surface area contributed by atoms with Gasteiger partial charge < -0.3 is 10.6 Å². The quantitative estimate of drug-likeness (QED) is 0.861. The first-order valence-electron chi connectivity index (χ1n) is 5.99. The third-order valence-corrected chi connectivity index (χ3v) is 4.44. The minimum absolute atomic E-state index is 0.0683. The number of likely N-dealkylation sites (N-methyl/N-ethyl adjacent to an activating group) is 1. The summed E-state index contributed by atoms with van der Waals surface area (Å²) in [7, 11) is 2.19. The molecule has 0 aromatic carbocycles. The van der Waals surface area contributed by atoms with Gasteiger partial charge in [-0.2, -0.15) is 0 Å². The fraction of sp³-hybridized carbons (Fsp3) is 0.750. The van der Waals surface area contributed by atoms with Crippen molar-refractivity contribution in [2.75, 3.05) is 20.1 Å². The number of aromatic nitrogens is 1. The number of piperidine rings is 1. The van der Waals surface area contributed by atoms with Gasteiger partial charge in [0, 0.05) is 17.3 Å². The second-order valence-electron chi connectivity index (χ2n) is 4.88. The van der Waals surface area contributed by atoms with E-state index in [1.54, 1.807) is 11.3 Å². The Labute approximate surface area is 102 Å². The SMILES string of the molecule is Cc1sc(C(C)N)nc1C1CCCN(C)C1. The Kier molecular flexibility index (Phi) is 3.62. The number of likely N-dealkylation sites (tertiary alicyclic amines) is 1. The average molecular weight is 239 g/mol. The highest BCUT2D eigenvalue weighted by Crippen LogP contribution is 2.32. The van der Waals surface area contributed by atoms with Gasteiger partial charge in [0.2, 0.25) is 0 Å². The van der Waals surface area contributed by atoms with E-state index in [0.29, 0.717) is 5.92 Å². The molecule has 3 nitrogen and oxygen atoms in total. The summed E-state index contributed by atoms with van der Waals surface area (Å²) in [4.78, 5) is 8.49. The first kappa shape index (κ1) is 12.0. The standard InChI is InChI=1S/C12H21N3S/c1-8(13)12-14-11(9(2)16-12)10-5-4-6-15(3)7-10/h8,10H,4-7,13H2,1-3H3. The monoisotopic (exact) mass is 239 g/mol. The van der Waals surface area contributed by atoms with Gasteiger partial charge >= 0.3 is 0 Å². The van der Waals surface area contributed by atoms with Crippen LogP contribution < -0.4 is 5.73 Å². The Balaban J connectivity index is 2.19. The minimum Gasteiger partial charge on any atom is -0.322 e. The van der Waals surface area contributed by atoms with Crippen molar-refractivity contribution in [2.24, 2.45) is 5.73 Å². The number of hydrogen-bond donors (Lipinski definition) is 1. The molecule has 1 aromatic heterocycles. The van der Waals surface area contributed by atoms with Crippen LogP contribution in [0.1, 0.15) is 47.3 Å². The van der Waals surface area contributed by atoms with Gasteiger partial charge in [0.1, 0.15) is 5.01 Å². The number of rotatable bonds is 2. The van der Waals surface area contributed by atoms with Crippen LogP contribution in [0.25, 0.3) is 0 Å². The topological polar surface area (TPSA) is 42.1 Å². The van der Waals surface area contributed by atoms with E-state index in [2.05, 4.69) is 18.9 Å². The maximum absolute atomic E-state index is 5.89. The zero-order chi connectivity index (χ0) is 11.7. The lowest BCUT2D eigenvalue weighted by Crippen LogP contribution is -2.31. The highest BCUT2D eigenvalue weighted by molar-refractivity contribution is 7.11. The molecule has 2 rings (SSSR count). The van der Waals surface area contributed by atoms with Crippen molar-refractivity contribution in [1.82, 2.24) is 9.88 Å². The summed E-state index contributed by atoms with van der Waals surface area (Å²) >= 11 is 1.76. The predicted molar refractivity (Wildman–Crippen MR) is 68.9 cm³/mol. The Morgan fingerprint density at radius 3 is 2.88 bits per heavy atom. The van der Waals surface area contributed by atoms with E-state index in [0.717, 1.165) is 11.6 Å². The van der Waals surface area contributed by atoms with E-state index in [1.165, 1.54) is 30.0 Å². The summed E-state index contributed by atoms with van der Waals surface area (Å²) in [5.74, 6) is 0.613. The van der Waals surface area contributed by atoms with Crippen LogP contribution >= 0.6 is 11.3 Å². The van der Waals surface area contributed by atoms with Crippen LogP contribution in [0.2, 0.25) is 0 Å². The van der Waals surface area contributed by atoms with Crippen molar-refractivity contribution in [3.8, 4) is 0 Å². The van der Waals surface area contributed by atoms with E-state index in [4.69, 9.17) is 10.7 Å². The molecule has 90 valence electrons. The Morgan fingerprint density at radius 2 is 2.31 bits per heavy atom. The summed E-state index contributed by atoms with van der Waals surface area (Å²) in [6, 6.07) is 0.0683. The summed E-state index contributed by atoms with van der Waals surface area (Å²) in [5.41, 5.74) is 7.19. The fourth-order valence-corrected chi connectivity index (χ4v) is 3.35. The summed E-state index contributed by atoms with van der Waals surface area (Å²) in [6.45, 7) is 6.55. The lowest BCUT2D eigenvalue weighted by atomic mass is 9.94. The minimum atomic E-state index is 0.0683. The lowest BCUT2D eigenvalue weighted by molar-refractivity contribution is 0.248. The van der Waals surface area contributed by atoms with Crippen LogP contribution in [0.5, 0.6) is 0 Å². The van der Waals surface area contributed by atoms with Crippen molar-refractivity contribution >= 4 is 11.3 Å². The first-order chi connectivity index (χ1) is 7.58. The normalized spacial score (nSPS) is 24.6. The van der Waals surface area contributed by atoms with E-state index < -0.39 is 0 Å². The maximum Gasteiger partial charge on any atom is 0.110 e. The molecule has 0 bridgehead atoms. The zero-order valence-electron chi connectivity index (χ0n) is 10.4. The number of hydrogen-bond acceptors (Lipinski definition) is 4. The number of thiazole rings is 1. The molecule has 0 amide bonds. The molecule has 1 aliphatic heterocycles. The average Bonchev–Trinajstić information content (AvgIpc) is 2.60. The number of nitrogens with zero attached hydrogens (tertiary/aromatic N) is 2. The van der Waals surface area contributed by atoms with Crippen molar-refractivity contribution in [1.29, 1.82) is 0 Å². The molecular weight excluding hydrogens is 218 g/mol. The summed E-state index contributed by atoms with van der Waals surface area (Å²) < 4.78 is 0. The van der Waals surface area contributed by atoms with Crippen LogP contribution in [0.3, 0.4) is 0 Å². The molecule has 0 spiro atoms. The molecule has 2 N–H and O–H groups in total. The lowest BCUT2D eigenvalue weighted by Gasteiger charge is -2.29. The molecule has 4 heteroatoms. The van der Waals surface area contributed by atoms with Gasteiger partial charge in [0.25, 0.3) is 0 Å². The molecule has 2 unspecified atom stereocenters. The molecule has 1 saturated heterocycles. The maximum atomic E-state index is 5.89. The largest absolute Gasteiger partial charge is 0.322 e. The van der Waals surface area contributed by atoms with Crippen molar-refractivity contribution < 1.29 is 0 Å². The molecule has 2 heterocycles. The second-order valence-corrected chi connectivity index (χ2v) is 6.12. The number of aryl methyl sites for hydroxylation is 1. The summed E-state index contributed by atoms with van der Waals surface area (Å²) in [6.07, 6.45) is 2.55. The van der Waals surface area contributed by atoms with E-state index in [9.17, 15) is 0 Å². The van der Waals surface area contributed by atoms with Crippen molar-refractivity contribution in [2.45, 2.75) is 38.6 Å². The predicted octanol–water partition coefficient (Wildman–Crippen LogP) is 2.28. The molecular formula is C12H21N3S. The molecule has 0 radical (unpaired) electrons. The van der Waals surface area contributed by atoms with Gasteiger partial charge in [-0.3, -0.25) is 0 Å². The molecule has 0 aliphatic carbocycles. The zero-order valence-corrected chi connectivity index (χ0v) is 11.2. The van der Waals surface area contributed by atoms with Gasteiger partial charge in [-0.25, -0.2) is 4.98 Å². The molecule has 1 fully saturated rings. The summed E-state index contributed by atoms with van der Waals surface area (Å²) in [5, 5.41) is 1.08. The van der Waals surface area contributed by atoms with E-state index in [1.807, 2.05) is 6.92 Å². The van der Waals surface area contributed by atoms with Gasteiger partial charge in [0.15, 0.2) is 0 Å². The van der Waals surface area contributed by atoms with Crippen LogP contribution in [0.4, 0.5) is 0 Å². The van der Waals surface area contributed by atoms with Crippen molar-refractivity contribution in [3.05, 3.63) is 15.6 Å². The van der Waals surface area contributed by atoms with Gasteiger partial charge in [0.05, 0.1) is 11.7 Å². The molecule has 2 atom stereocenters. The molecule has 16 heavy (non-hydrogen) atoms. The van der Waals surface area contributed by atoms with Crippen LogP contribution in [-0.2, 0) is 0 Å². The highest BCUT2D eigenvalue weighted by Gasteiger charge is 2.23. The number of nitrogens with two attached hydrogens (primary N) is 1. The third-order valence-electron chi connectivity index (χ3n) is 3.25. The van der Waals surface area contributed by atoms with Crippen LogP contribution in [0, 0.1) is 6.92 Å². The smallest absolute Gasteiger partial charge is 0.110 e. The highest BCUT2D eigenvalue weighted by atomic mass is 32.1. The fourth-order valence-electron chi connectivity index (χ4n) is 2.39. The second kappa shape index (κ2) is 4.82. The van der Waals surface area contributed by atoms with E-state index in [-0.39, 0.29) is 6.04 Å². The molecule has 1 aliphatic rings. The van der Waals surface area contributed by atoms with Crippen molar-refractivity contribution in [3.63, 3.8) is 0 Å². The third kappa shape index (κ3) is 2.44. The Hall–Kier alpha value is -0.450. The van der Waals surface area contributed by atoms with Crippen LogP contribution in [-0.4, -0.2) is 30.0 Å². The molecule has 0 saturated carbocycles. The van der Waals surface area contributed by atoms with Gasteiger partial charge in [-0.15, -0.1) is 11.3 Å². The Morgan fingerprint density at radius 1 is 1.56 bits per heavy atom. The van der Waals surface area contributed by atoms with Gasteiger partial charge in [-0.1, -0.05) is 0 Å². The Bertz CT molecular complexity index is 359. The van der Waals surface area contributed by atoms with Crippen LogP contribution in [0.15, 0.2) is 0 Å². The van der Waals surface area contributed by atoms with Gasteiger partial charge in [-0.05, 0) is 40.3 Å².